The minimum absolute atomic E-state index is 0.0303. The molecule has 0 unspecified atom stereocenters. The molecule has 1 fully saturated rings. The molecule has 1 heterocycles. The Hall–Kier alpha value is -1.97. The molecule has 0 radical (unpaired) electrons. The fourth-order valence-corrected chi connectivity index (χ4v) is 10.6. The van der Waals surface area contributed by atoms with Crippen molar-refractivity contribution in [3.63, 3.8) is 0 Å². The molecule has 1 saturated heterocycles. The van der Waals surface area contributed by atoms with Crippen LogP contribution in [-0.4, -0.2) is 20.1 Å². The van der Waals surface area contributed by atoms with E-state index in [2.05, 4.69) is 45.6 Å². The number of ether oxygens (including phenoxy) is 1. The van der Waals surface area contributed by atoms with Crippen LogP contribution in [0.15, 0.2) is 91.0 Å². The largest absolute Gasteiger partial charge is 0.387 e. The Morgan fingerprint density at radius 3 is 1.80 bits per heavy atom. The van der Waals surface area contributed by atoms with Gasteiger partial charge in [0.05, 0.1) is 11.8 Å². The zero-order valence-corrected chi connectivity index (χ0v) is 23.6. The zero-order chi connectivity index (χ0) is 25.1. The van der Waals surface area contributed by atoms with Crippen molar-refractivity contribution in [3.8, 4) is 0 Å². The first-order valence-electron chi connectivity index (χ1n) is 12.9. The molecule has 0 bridgehead atoms. The standard InChI is InChI=1S/C30H39O3PSi/c1-6-7-23-28-24(2)29(30(32-28,33-35(3,4)5)25-17-11-8-12-18-25)34(31,26-19-13-9-14-20-26)27-21-15-10-16-22-27/h8-22,24,28-29H,6-7,23H2,1-5H3/t24-,28+,29+,30+/m0/s1. The van der Waals surface area contributed by atoms with Crippen LogP contribution in [0.25, 0.3) is 0 Å². The minimum Gasteiger partial charge on any atom is -0.387 e. The highest BCUT2D eigenvalue weighted by Crippen LogP contribution is 2.64. The van der Waals surface area contributed by atoms with Crippen LogP contribution >= 0.6 is 7.14 Å². The first-order valence-corrected chi connectivity index (χ1v) is 18.1. The normalized spacial score (nSPS) is 25.0. The summed E-state index contributed by atoms with van der Waals surface area (Å²) in [4.78, 5) is 0. The van der Waals surface area contributed by atoms with E-state index in [1.54, 1.807) is 0 Å². The number of hydrogen-bond donors (Lipinski definition) is 0. The molecule has 4 rings (SSSR count). The summed E-state index contributed by atoms with van der Waals surface area (Å²) in [6.45, 7) is 11.0. The van der Waals surface area contributed by atoms with Crippen LogP contribution in [0.3, 0.4) is 0 Å². The zero-order valence-electron chi connectivity index (χ0n) is 21.7. The van der Waals surface area contributed by atoms with Crippen molar-refractivity contribution in [2.75, 3.05) is 0 Å². The van der Waals surface area contributed by atoms with Gasteiger partial charge in [-0.25, -0.2) is 0 Å². The van der Waals surface area contributed by atoms with Gasteiger partial charge in [0.25, 0.3) is 0 Å². The van der Waals surface area contributed by atoms with Gasteiger partial charge in [-0.1, -0.05) is 118 Å². The first kappa shape index (κ1) is 26.1. The summed E-state index contributed by atoms with van der Waals surface area (Å²) in [5.41, 5.74) is 0.612. The predicted octanol–water partition coefficient (Wildman–Crippen LogP) is 7.30. The van der Waals surface area contributed by atoms with E-state index in [1.165, 1.54) is 0 Å². The maximum Gasteiger partial charge on any atom is 0.196 e. The van der Waals surface area contributed by atoms with Crippen LogP contribution in [0.1, 0.15) is 38.7 Å². The van der Waals surface area contributed by atoms with Crippen molar-refractivity contribution >= 4 is 26.1 Å². The molecule has 1 aliphatic heterocycles. The van der Waals surface area contributed by atoms with Gasteiger partial charge in [-0.3, -0.25) is 0 Å². The fraction of sp³-hybridized carbons (Fsp3) is 0.400. The van der Waals surface area contributed by atoms with Gasteiger partial charge < -0.3 is 13.7 Å². The summed E-state index contributed by atoms with van der Waals surface area (Å²) < 4.78 is 29.9. The van der Waals surface area contributed by atoms with Crippen molar-refractivity contribution < 1.29 is 13.7 Å². The van der Waals surface area contributed by atoms with Gasteiger partial charge in [-0.05, 0) is 32.0 Å². The summed E-state index contributed by atoms with van der Waals surface area (Å²) >= 11 is 0. The second-order valence-corrected chi connectivity index (χ2v) is 18.0. The number of unbranched alkanes of at least 4 members (excludes halogenated alkanes) is 1. The molecular weight excluding hydrogens is 467 g/mol. The lowest BCUT2D eigenvalue weighted by atomic mass is 9.93. The van der Waals surface area contributed by atoms with Gasteiger partial charge in [0.15, 0.2) is 21.2 Å². The fourth-order valence-electron chi connectivity index (χ4n) is 5.53. The topological polar surface area (TPSA) is 35.5 Å². The molecule has 3 aromatic carbocycles. The van der Waals surface area contributed by atoms with E-state index in [1.807, 2.05) is 78.9 Å². The average Bonchev–Trinajstić information content (AvgIpc) is 3.14. The van der Waals surface area contributed by atoms with Gasteiger partial charge in [0.2, 0.25) is 0 Å². The van der Waals surface area contributed by atoms with Gasteiger partial charge in [-0.2, -0.15) is 0 Å². The Morgan fingerprint density at radius 2 is 1.34 bits per heavy atom. The molecule has 3 nitrogen and oxygen atoms in total. The first-order chi connectivity index (χ1) is 16.7. The number of hydrogen-bond acceptors (Lipinski definition) is 3. The molecule has 35 heavy (non-hydrogen) atoms. The Bertz CT molecular complexity index is 1090. The summed E-state index contributed by atoms with van der Waals surface area (Å²) in [5, 5.41) is 1.73. The van der Waals surface area contributed by atoms with E-state index < -0.39 is 21.2 Å². The summed E-state index contributed by atoms with van der Waals surface area (Å²) in [7, 11) is -5.33. The molecule has 0 saturated carbocycles. The van der Waals surface area contributed by atoms with Crippen LogP contribution < -0.4 is 10.6 Å². The van der Waals surface area contributed by atoms with Crippen LogP contribution in [0.2, 0.25) is 19.6 Å². The third-order valence-electron chi connectivity index (χ3n) is 6.95. The highest BCUT2D eigenvalue weighted by molar-refractivity contribution is 7.79. The van der Waals surface area contributed by atoms with Crippen LogP contribution in [0.4, 0.5) is 0 Å². The molecule has 186 valence electrons. The molecule has 1 aliphatic rings. The SMILES string of the molecule is CCCC[C@H]1O[C@@](O[Si](C)(C)C)(c2ccccc2)[C@H](P(=O)(c2ccccc2)c2ccccc2)[C@H]1C. The van der Waals surface area contributed by atoms with Crippen molar-refractivity contribution in [1.82, 2.24) is 0 Å². The highest BCUT2D eigenvalue weighted by atomic mass is 31.2. The van der Waals surface area contributed by atoms with Crippen LogP contribution in [0, 0.1) is 5.92 Å². The monoisotopic (exact) mass is 506 g/mol. The lowest BCUT2D eigenvalue weighted by Gasteiger charge is -2.43. The van der Waals surface area contributed by atoms with Crippen molar-refractivity contribution in [2.24, 2.45) is 5.92 Å². The van der Waals surface area contributed by atoms with E-state index in [-0.39, 0.29) is 17.7 Å². The lowest BCUT2D eigenvalue weighted by Crippen LogP contribution is -2.50. The van der Waals surface area contributed by atoms with E-state index in [4.69, 9.17) is 9.16 Å². The maximum atomic E-state index is 15.8. The third-order valence-corrected chi connectivity index (χ3v) is 11.6. The second-order valence-electron chi connectivity index (χ2n) is 10.7. The minimum atomic E-state index is -3.20. The maximum absolute atomic E-state index is 15.8. The van der Waals surface area contributed by atoms with E-state index in [0.717, 1.165) is 35.4 Å². The van der Waals surface area contributed by atoms with E-state index in [9.17, 15) is 0 Å². The predicted molar refractivity (Wildman–Crippen MR) is 150 cm³/mol. The molecule has 0 amide bonds. The van der Waals surface area contributed by atoms with Crippen molar-refractivity contribution in [1.29, 1.82) is 0 Å². The number of benzene rings is 3. The summed E-state index contributed by atoms with van der Waals surface area (Å²) in [6, 6.07) is 30.3. The Kier molecular flexibility index (Phi) is 7.88. The molecule has 5 heteroatoms. The Balaban J connectivity index is 2.02. The lowest BCUT2D eigenvalue weighted by molar-refractivity contribution is -0.186. The average molecular weight is 507 g/mol. The van der Waals surface area contributed by atoms with Crippen LogP contribution in [0.5, 0.6) is 0 Å². The second kappa shape index (κ2) is 10.6. The molecule has 0 spiro atoms. The summed E-state index contributed by atoms with van der Waals surface area (Å²) in [6.07, 6.45) is 3.07. The molecule has 3 aromatic rings. The Morgan fingerprint density at radius 1 is 0.857 bits per heavy atom. The molecule has 4 atom stereocenters. The van der Waals surface area contributed by atoms with Gasteiger partial charge in [-0.15, -0.1) is 0 Å². The van der Waals surface area contributed by atoms with Crippen molar-refractivity contribution in [3.05, 3.63) is 96.6 Å². The van der Waals surface area contributed by atoms with Gasteiger partial charge in [0.1, 0.15) is 0 Å². The van der Waals surface area contributed by atoms with E-state index >= 15 is 4.57 Å². The van der Waals surface area contributed by atoms with Gasteiger partial charge >= 0.3 is 0 Å². The smallest absolute Gasteiger partial charge is 0.196 e. The summed E-state index contributed by atoms with van der Waals surface area (Å²) in [5.74, 6) is -1.03. The molecule has 0 aliphatic carbocycles. The highest BCUT2D eigenvalue weighted by Gasteiger charge is 2.63. The molecular formula is C30H39O3PSi. The molecule has 0 aromatic heterocycles. The van der Waals surface area contributed by atoms with Crippen molar-refractivity contribution in [2.45, 2.75) is 70.3 Å². The molecule has 0 N–H and O–H groups in total. The Labute approximate surface area is 212 Å². The quantitative estimate of drug-likeness (QED) is 0.226. The van der Waals surface area contributed by atoms with Gasteiger partial charge in [0, 0.05) is 16.2 Å². The van der Waals surface area contributed by atoms with E-state index in [0.29, 0.717) is 0 Å². The number of rotatable bonds is 9. The van der Waals surface area contributed by atoms with Crippen LogP contribution in [-0.2, 0) is 19.5 Å². The third kappa shape index (κ3) is 5.13.